The number of carbonyl (C=O) groups excluding carboxylic acids is 1. The number of hydrogen-bond donors (Lipinski definition) is 1. The fourth-order valence-corrected chi connectivity index (χ4v) is 3.87. The molecule has 9 nitrogen and oxygen atoms in total. The molecule has 0 unspecified atom stereocenters. The van der Waals surface area contributed by atoms with Gasteiger partial charge in [-0.15, -0.1) is 0 Å². The van der Waals surface area contributed by atoms with Gasteiger partial charge in [-0.2, -0.15) is 4.98 Å². The molecule has 0 atom stereocenters. The quantitative estimate of drug-likeness (QED) is 0.314. The van der Waals surface area contributed by atoms with Gasteiger partial charge in [-0.05, 0) is 42.8 Å². The topological polar surface area (TPSA) is 104 Å². The van der Waals surface area contributed by atoms with Crippen LogP contribution in [0.2, 0.25) is 0 Å². The van der Waals surface area contributed by atoms with Crippen molar-refractivity contribution in [2.75, 3.05) is 19.5 Å². The number of anilines is 1. The van der Waals surface area contributed by atoms with E-state index in [2.05, 4.69) is 20.4 Å². The molecule has 2 heterocycles. The van der Waals surface area contributed by atoms with Crippen LogP contribution in [0.3, 0.4) is 0 Å². The summed E-state index contributed by atoms with van der Waals surface area (Å²) >= 11 is 0. The molecular weight excluding hydrogens is 470 g/mol. The molecular formula is C28H25N5O4. The monoisotopic (exact) mass is 495 g/mol. The predicted molar refractivity (Wildman–Crippen MR) is 139 cm³/mol. The minimum atomic E-state index is -0.268. The van der Waals surface area contributed by atoms with Gasteiger partial charge in [-0.3, -0.25) is 4.79 Å². The Bertz CT molecular complexity index is 1540. The van der Waals surface area contributed by atoms with Crippen molar-refractivity contribution in [3.63, 3.8) is 0 Å². The molecule has 3 aromatic carbocycles. The van der Waals surface area contributed by atoms with Gasteiger partial charge in [0.15, 0.2) is 0 Å². The molecule has 0 aliphatic rings. The van der Waals surface area contributed by atoms with Gasteiger partial charge in [-0.1, -0.05) is 41.1 Å². The van der Waals surface area contributed by atoms with Crippen molar-refractivity contribution in [2.45, 2.75) is 13.5 Å². The van der Waals surface area contributed by atoms with Gasteiger partial charge in [0.25, 0.3) is 11.8 Å². The maximum Gasteiger partial charge on any atom is 0.278 e. The molecule has 9 heteroatoms. The molecule has 0 aliphatic carbocycles. The van der Waals surface area contributed by atoms with Gasteiger partial charge in [0.2, 0.25) is 5.82 Å². The molecule has 1 N–H and O–H groups in total. The summed E-state index contributed by atoms with van der Waals surface area (Å²) in [6, 6.07) is 20.6. The Morgan fingerprint density at radius 2 is 1.86 bits per heavy atom. The maximum absolute atomic E-state index is 12.8. The summed E-state index contributed by atoms with van der Waals surface area (Å²) in [7, 11) is 3.08. The van der Waals surface area contributed by atoms with Gasteiger partial charge in [-0.25, -0.2) is 4.98 Å². The second-order valence-corrected chi connectivity index (χ2v) is 8.44. The zero-order chi connectivity index (χ0) is 25.8. The number of carbonyl (C=O) groups is 1. The average molecular weight is 496 g/mol. The summed E-state index contributed by atoms with van der Waals surface area (Å²) in [4.78, 5) is 21.7. The summed E-state index contributed by atoms with van der Waals surface area (Å²) in [5.74, 6) is 1.68. The first-order valence-electron chi connectivity index (χ1n) is 11.6. The fourth-order valence-electron chi connectivity index (χ4n) is 3.87. The Kier molecular flexibility index (Phi) is 6.67. The SMILES string of the molecule is COc1ccc(C(=O)Nc2ccc(Cn3cnc(-c4nc(-c5cccc(C)c5)no4)c3)cc2)c(OC)c1. The highest BCUT2D eigenvalue weighted by molar-refractivity contribution is 6.06. The molecule has 0 fully saturated rings. The number of ether oxygens (including phenoxy) is 2. The number of rotatable bonds is 8. The smallest absolute Gasteiger partial charge is 0.278 e. The molecule has 0 radical (unpaired) electrons. The van der Waals surface area contributed by atoms with Crippen LogP contribution in [-0.2, 0) is 6.54 Å². The number of nitrogens with one attached hydrogen (secondary N) is 1. The normalized spacial score (nSPS) is 10.8. The molecule has 0 saturated carbocycles. The number of aryl methyl sites for hydroxylation is 1. The number of hydrogen-bond acceptors (Lipinski definition) is 7. The van der Waals surface area contributed by atoms with Crippen LogP contribution in [-0.4, -0.2) is 39.8 Å². The lowest BCUT2D eigenvalue weighted by Gasteiger charge is -2.11. The summed E-state index contributed by atoms with van der Waals surface area (Å²) in [5, 5.41) is 6.99. The van der Waals surface area contributed by atoms with Crippen molar-refractivity contribution >= 4 is 11.6 Å². The lowest BCUT2D eigenvalue weighted by Crippen LogP contribution is -2.13. The first kappa shape index (κ1) is 23.8. The molecule has 37 heavy (non-hydrogen) atoms. The second kappa shape index (κ2) is 10.4. The van der Waals surface area contributed by atoms with E-state index in [0.29, 0.717) is 46.7 Å². The van der Waals surface area contributed by atoms with E-state index in [-0.39, 0.29) is 5.91 Å². The van der Waals surface area contributed by atoms with Crippen LogP contribution in [0.15, 0.2) is 83.8 Å². The molecule has 1 amide bonds. The molecule has 0 saturated heterocycles. The highest BCUT2D eigenvalue weighted by Crippen LogP contribution is 2.26. The third-order valence-electron chi connectivity index (χ3n) is 5.78. The number of aromatic nitrogens is 4. The lowest BCUT2D eigenvalue weighted by atomic mass is 10.1. The van der Waals surface area contributed by atoms with Crippen LogP contribution in [0.25, 0.3) is 23.0 Å². The average Bonchev–Trinajstić information content (AvgIpc) is 3.59. The Balaban J connectivity index is 1.23. The van der Waals surface area contributed by atoms with E-state index in [4.69, 9.17) is 14.0 Å². The van der Waals surface area contributed by atoms with Crippen molar-refractivity contribution < 1.29 is 18.8 Å². The number of nitrogens with zero attached hydrogens (tertiary/aromatic N) is 4. The van der Waals surface area contributed by atoms with Crippen molar-refractivity contribution in [2.24, 2.45) is 0 Å². The molecule has 5 rings (SSSR count). The molecule has 2 aromatic heterocycles. The number of imidazole rings is 1. The zero-order valence-electron chi connectivity index (χ0n) is 20.6. The van der Waals surface area contributed by atoms with Crippen LogP contribution < -0.4 is 14.8 Å². The molecule has 186 valence electrons. The highest BCUT2D eigenvalue weighted by Gasteiger charge is 2.15. The van der Waals surface area contributed by atoms with Gasteiger partial charge in [0.1, 0.15) is 17.2 Å². The van der Waals surface area contributed by atoms with E-state index in [1.807, 2.05) is 66.2 Å². The zero-order valence-corrected chi connectivity index (χ0v) is 20.6. The van der Waals surface area contributed by atoms with Crippen molar-refractivity contribution in [1.82, 2.24) is 19.7 Å². The number of benzene rings is 3. The van der Waals surface area contributed by atoms with Crippen molar-refractivity contribution in [1.29, 1.82) is 0 Å². The largest absolute Gasteiger partial charge is 0.497 e. The van der Waals surface area contributed by atoms with Gasteiger partial charge < -0.3 is 23.9 Å². The Morgan fingerprint density at radius 1 is 1.03 bits per heavy atom. The van der Waals surface area contributed by atoms with Gasteiger partial charge >= 0.3 is 0 Å². The minimum absolute atomic E-state index is 0.268. The van der Waals surface area contributed by atoms with Crippen LogP contribution in [0.4, 0.5) is 5.69 Å². The van der Waals surface area contributed by atoms with Gasteiger partial charge in [0, 0.05) is 30.1 Å². The second-order valence-electron chi connectivity index (χ2n) is 8.44. The minimum Gasteiger partial charge on any atom is -0.497 e. The van der Waals surface area contributed by atoms with Crippen LogP contribution in [0, 0.1) is 6.92 Å². The van der Waals surface area contributed by atoms with E-state index in [0.717, 1.165) is 16.7 Å². The number of amides is 1. The van der Waals surface area contributed by atoms with E-state index in [1.54, 1.807) is 31.6 Å². The Morgan fingerprint density at radius 3 is 2.62 bits per heavy atom. The Hall–Kier alpha value is -4.92. The van der Waals surface area contributed by atoms with Gasteiger partial charge in [0.05, 0.1) is 26.1 Å². The van der Waals surface area contributed by atoms with E-state index in [1.165, 1.54) is 7.11 Å². The standard InChI is InChI=1S/C28H25N5O4/c1-18-5-4-6-20(13-18)26-31-28(37-32-26)24-16-33(17-29-24)15-19-7-9-21(10-8-19)30-27(34)23-12-11-22(35-2)14-25(23)36-3/h4-14,16-17H,15H2,1-3H3,(H,30,34). The van der Waals surface area contributed by atoms with E-state index >= 15 is 0 Å². The molecule has 0 aliphatic heterocycles. The highest BCUT2D eigenvalue weighted by atomic mass is 16.5. The number of methoxy groups -OCH3 is 2. The summed E-state index contributed by atoms with van der Waals surface area (Å²) in [6.45, 7) is 2.61. The molecule has 5 aromatic rings. The summed E-state index contributed by atoms with van der Waals surface area (Å²) < 4.78 is 17.9. The Labute approximate surface area is 213 Å². The van der Waals surface area contributed by atoms with Crippen LogP contribution in [0.5, 0.6) is 11.5 Å². The molecule has 0 spiro atoms. The first-order valence-corrected chi connectivity index (χ1v) is 11.6. The third-order valence-corrected chi connectivity index (χ3v) is 5.78. The first-order chi connectivity index (χ1) is 18.0. The summed E-state index contributed by atoms with van der Waals surface area (Å²) in [5.41, 5.74) is 4.75. The summed E-state index contributed by atoms with van der Waals surface area (Å²) in [6.07, 6.45) is 3.58. The van der Waals surface area contributed by atoms with Crippen molar-refractivity contribution in [3.05, 3.63) is 95.9 Å². The van der Waals surface area contributed by atoms with Crippen LogP contribution >= 0.6 is 0 Å². The third kappa shape index (κ3) is 5.35. The maximum atomic E-state index is 12.8. The fraction of sp³-hybridized carbons (Fsp3) is 0.143. The van der Waals surface area contributed by atoms with Crippen LogP contribution in [0.1, 0.15) is 21.5 Å². The van der Waals surface area contributed by atoms with E-state index in [9.17, 15) is 4.79 Å². The van der Waals surface area contributed by atoms with Crippen molar-refractivity contribution in [3.8, 4) is 34.5 Å². The molecule has 0 bridgehead atoms. The predicted octanol–water partition coefficient (Wildman–Crippen LogP) is 5.23. The lowest BCUT2D eigenvalue weighted by molar-refractivity contribution is 0.102. The van der Waals surface area contributed by atoms with E-state index < -0.39 is 0 Å².